The fraction of sp³-hybridized carbons (Fsp3) is 1.00. The average molecular weight is 325 g/mol. The number of hydrogen-bond donors (Lipinski definition) is 8. The van der Waals surface area contributed by atoms with Gasteiger partial charge in [0.2, 0.25) is 0 Å². The summed E-state index contributed by atoms with van der Waals surface area (Å²) < 4.78 is 10.5. The van der Waals surface area contributed by atoms with Gasteiger partial charge in [-0.15, -0.1) is 0 Å². The Kier molecular flexibility index (Phi) is 6.07. The zero-order chi connectivity index (χ0) is 16.4. The topological polar surface area (TPSA) is 172 Å². The van der Waals surface area contributed by atoms with Crippen LogP contribution in [0.2, 0.25) is 0 Å². The fourth-order valence-electron chi connectivity index (χ4n) is 2.64. The van der Waals surface area contributed by atoms with Gasteiger partial charge in [-0.3, -0.25) is 0 Å². The molecule has 0 bridgehead atoms. The van der Waals surface area contributed by atoms with Crippen LogP contribution in [0.15, 0.2) is 0 Å². The number of hydrogen-bond acceptors (Lipinski definition) is 10. The standard InChI is InChI=1S/C12H23NO9/c14-2-4-7(17)11(5(16)1-13-4)22-12-10(20)9(19)8(18)6(3-15)21-12/h4-20H,1-3H2. The van der Waals surface area contributed by atoms with Crippen LogP contribution in [0.25, 0.3) is 0 Å². The third-order valence-corrected chi connectivity index (χ3v) is 4.05. The quantitative estimate of drug-likeness (QED) is 0.250. The van der Waals surface area contributed by atoms with Crippen LogP contribution in [0.3, 0.4) is 0 Å². The Morgan fingerprint density at radius 3 is 2.18 bits per heavy atom. The number of nitrogens with one attached hydrogen (secondary N) is 1. The smallest absolute Gasteiger partial charge is 0.187 e. The predicted octanol–water partition coefficient (Wildman–Crippen LogP) is -5.14. The molecule has 9 atom stereocenters. The normalized spacial score (nSPS) is 50.0. The molecule has 8 N–H and O–H groups in total. The minimum Gasteiger partial charge on any atom is -0.395 e. The Hall–Kier alpha value is -0.400. The average Bonchev–Trinajstić information content (AvgIpc) is 2.51. The van der Waals surface area contributed by atoms with Gasteiger partial charge in [0.25, 0.3) is 0 Å². The van der Waals surface area contributed by atoms with Crippen LogP contribution in [0, 0.1) is 0 Å². The second kappa shape index (κ2) is 7.45. The summed E-state index contributed by atoms with van der Waals surface area (Å²) in [6.07, 6.45) is -10.9. The van der Waals surface area contributed by atoms with Gasteiger partial charge in [-0.05, 0) is 0 Å². The number of β-amino-alcohol motifs (C(OH)–C–C–N with tert-alkyl or cyclic N) is 1. The first-order valence-electron chi connectivity index (χ1n) is 7.07. The van der Waals surface area contributed by atoms with Gasteiger partial charge in [0.05, 0.1) is 25.4 Å². The van der Waals surface area contributed by atoms with Gasteiger partial charge in [0, 0.05) is 6.54 Å². The van der Waals surface area contributed by atoms with Crippen LogP contribution in [0.5, 0.6) is 0 Å². The maximum Gasteiger partial charge on any atom is 0.187 e. The van der Waals surface area contributed by atoms with E-state index in [2.05, 4.69) is 5.32 Å². The first kappa shape index (κ1) is 17.9. The number of aliphatic hydroxyl groups is 7. The lowest BCUT2D eigenvalue weighted by molar-refractivity contribution is -0.326. The van der Waals surface area contributed by atoms with Crippen LogP contribution in [0.1, 0.15) is 0 Å². The summed E-state index contributed by atoms with van der Waals surface area (Å²) in [7, 11) is 0. The van der Waals surface area contributed by atoms with E-state index in [4.69, 9.17) is 19.7 Å². The van der Waals surface area contributed by atoms with E-state index >= 15 is 0 Å². The molecular weight excluding hydrogens is 302 g/mol. The monoisotopic (exact) mass is 325 g/mol. The van der Waals surface area contributed by atoms with Gasteiger partial charge >= 0.3 is 0 Å². The fourth-order valence-corrected chi connectivity index (χ4v) is 2.64. The molecule has 0 amide bonds. The molecule has 22 heavy (non-hydrogen) atoms. The molecule has 2 aliphatic rings. The van der Waals surface area contributed by atoms with Crippen molar-refractivity contribution < 1.29 is 45.2 Å². The molecule has 9 unspecified atom stereocenters. The first-order valence-corrected chi connectivity index (χ1v) is 7.07. The summed E-state index contributed by atoms with van der Waals surface area (Å²) >= 11 is 0. The van der Waals surface area contributed by atoms with Gasteiger partial charge in [-0.25, -0.2) is 0 Å². The Labute approximate surface area is 126 Å². The summed E-state index contributed by atoms with van der Waals surface area (Å²) in [5.74, 6) is 0. The third kappa shape index (κ3) is 3.41. The number of rotatable bonds is 4. The van der Waals surface area contributed by atoms with Crippen molar-refractivity contribution in [2.75, 3.05) is 19.8 Å². The lowest BCUT2D eigenvalue weighted by Crippen LogP contribution is -2.65. The molecule has 10 nitrogen and oxygen atoms in total. The van der Waals surface area contributed by atoms with E-state index in [1.165, 1.54) is 0 Å². The molecule has 2 aliphatic heterocycles. The Bertz CT molecular complexity index is 357. The molecule has 0 radical (unpaired) electrons. The van der Waals surface area contributed by atoms with Gasteiger partial charge in [0.1, 0.15) is 36.6 Å². The maximum atomic E-state index is 10.1. The summed E-state index contributed by atoms with van der Waals surface area (Å²) in [6.45, 7) is -0.950. The zero-order valence-corrected chi connectivity index (χ0v) is 11.8. The van der Waals surface area contributed by atoms with Crippen molar-refractivity contribution in [3.63, 3.8) is 0 Å². The molecule has 0 aliphatic carbocycles. The van der Waals surface area contributed by atoms with Crippen molar-refractivity contribution in [2.45, 2.75) is 55.1 Å². The molecule has 2 rings (SSSR count). The predicted molar refractivity (Wildman–Crippen MR) is 69.5 cm³/mol. The van der Waals surface area contributed by atoms with Gasteiger partial charge in [-0.2, -0.15) is 0 Å². The molecule has 10 heteroatoms. The zero-order valence-electron chi connectivity index (χ0n) is 11.8. The van der Waals surface area contributed by atoms with Gasteiger partial charge in [0.15, 0.2) is 6.29 Å². The summed E-state index contributed by atoms with van der Waals surface area (Å²) in [4.78, 5) is 0. The molecule has 0 aromatic heterocycles. The van der Waals surface area contributed by atoms with Crippen LogP contribution in [0.4, 0.5) is 0 Å². The number of piperidine rings is 1. The second-order valence-corrected chi connectivity index (χ2v) is 5.55. The van der Waals surface area contributed by atoms with Crippen molar-refractivity contribution in [1.29, 1.82) is 0 Å². The summed E-state index contributed by atoms with van der Waals surface area (Å²) in [6, 6.07) is -0.724. The third-order valence-electron chi connectivity index (χ3n) is 4.05. The van der Waals surface area contributed by atoms with E-state index in [9.17, 15) is 25.5 Å². The highest BCUT2D eigenvalue weighted by molar-refractivity contribution is 4.95. The van der Waals surface area contributed by atoms with Crippen molar-refractivity contribution in [3.05, 3.63) is 0 Å². The van der Waals surface area contributed by atoms with E-state index in [1.807, 2.05) is 0 Å². The Morgan fingerprint density at radius 1 is 0.909 bits per heavy atom. The highest BCUT2D eigenvalue weighted by atomic mass is 16.7. The Morgan fingerprint density at radius 2 is 1.59 bits per heavy atom. The lowest BCUT2D eigenvalue weighted by atomic mass is 9.95. The van der Waals surface area contributed by atoms with Gasteiger partial charge in [-0.1, -0.05) is 0 Å². The van der Waals surface area contributed by atoms with E-state index in [-0.39, 0.29) is 13.2 Å². The summed E-state index contributed by atoms with van der Waals surface area (Å²) in [5.41, 5.74) is 0. The number of aliphatic hydroxyl groups excluding tert-OH is 7. The lowest BCUT2D eigenvalue weighted by Gasteiger charge is -2.44. The van der Waals surface area contributed by atoms with Crippen molar-refractivity contribution >= 4 is 0 Å². The highest BCUT2D eigenvalue weighted by Crippen LogP contribution is 2.25. The molecule has 0 saturated carbocycles. The van der Waals surface area contributed by atoms with Crippen LogP contribution in [-0.2, 0) is 9.47 Å². The largest absolute Gasteiger partial charge is 0.395 e. The summed E-state index contributed by atoms with van der Waals surface area (Å²) in [5, 5.41) is 70.1. The molecule has 0 aromatic rings. The molecule has 130 valence electrons. The minimum absolute atomic E-state index is 0.0460. The van der Waals surface area contributed by atoms with E-state index in [0.717, 1.165) is 0 Å². The van der Waals surface area contributed by atoms with Crippen molar-refractivity contribution in [1.82, 2.24) is 5.32 Å². The van der Waals surface area contributed by atoms with Crippen LogP contribution < -0.4 is 5.32 Å². The maximum absolute atomic E-state index is 10.1. The van der Waals surface area contributed by atoms with Crippen LogP contribution in [-0.4, -0.2) is 111 Å². The molecule has 2 saturated heterocycles. The first-order chi connectivity index (χ1) is 10.4. The Balaban J connectivity index is 2.07. The highest BCUT2D eigenvalue weighted by Gasteiger charge is 2.47. The van der Waals surface area contributed by atoms with E-state index < -0.39 is 61.7 Å². The van der Waals surface area contributed by atoms with Crippen molar-refractivity contribution in [3.8, 4) is 0 Å². The molecule has 0 spiro atoms. The molecular formula is C12H23NO9. The van der Waals surface area contributed by atoms with E-state index in [1.54, 1.807) is 0 Å². The SMILES string of the molecule is OCC1NCC(O)C(OC2OC(CO)C(O)C(O)C2O)C1O. The van der Waals surface area contributed by atoms with Crippen molar-refractivity contribution in [2.24, 2.45) is 0 Å². The van der Waals surface area contributed by atoms with Crippen LogP contribution >= 0.6 is 0 Å². The minimum atomic E-state index is -1.63. The number of ether oxygens (including phenoxy) is 2. The molecule has 2 heterocycles. The molecule has 2 fully saturated rings. The van der Waals surface area contributed by atoms with Gasteiger partial charge < -0.3 is 50.5 Å². The second-order valence-electron chi connectivity index (χ2n) is 5.55. The van der Waals surface area contributed by atoms with E-state index in [0.29, 0.717) is 0 Å². The molecule has 0 aromatic carbocycles.